The van der Waals surface area contributed by atoms with Crippen LogP contribution in [0, 0.1) is 13.8 Å². The van der Waals surface area contributed by atoms with Crippen molar-refractivity contribution in [1.82, 2.24) is 4.57 Å². The van der Waals surface area contributed by atoms with Crippen LogP contribution in [0.1, 0.15) is 46.2 Å². The van der Waals surface area contributed by atoms with Gasteiger partial charge in [-0.1, -0.05) is 11.6 Å². The molecule has 0 amide bonds. The summed E-state index contributed by atoms with van der Waals surface area (Å²) < 4.78 is 41.5. The molecule has 7 heteroatoms. The number of anilines is 1. The maximum Gasteiger partial charge on any atom is 0.418 e. The zero-order chi connectivity index (χ0) is 18.4. The molecule has 3 nitrogen and oxygen atoms in total. The summed E-state index contributed by atoms with van der Waals surface area (Å²) >= 11 is 5.66. The van der Waals surface area contributed by atoms with Gasteiger partial charge in [0.25, 0.3) is 0 Å². The highest BCUT2D eigenvalue weighted by Crippen LogP contribution is 2.39. The molecule has 1 aromatic heterocycles. The Balaban J connectivity index is 1.79. The van der Waals surface area contributed by atoms with Gasteiger partial charge < -0.3 is 9.88 Å². The van der Waals surface area contributed by atoms with Gasteiger partial charge in [0.1, 0.15) is 0 Å². The number of alkyl halides is 3. The third-order valence-corrected chi connectivity index (χ3v) is 4.66. The molecule has 0 unspecified atom stereocenters. The van der Waals surface area contributed by atoms with E-state index in [4.69, 9.17) is 11.6 Å². The number of nitrogens with one attached hydrogen (secondary N) is 1. The van der Waals surface area contributed by atoms with E-state index >= 15 is 0 Å². The molecule has 1 fully saturated rings. The first-order valence-corrected chi connectivity index (χ1v) is 8.38. The van der Waals surface area contributed by atoms with Gasteiger partial charge in [0.05, 0.1) is 12.1 Å². The lowest BCUT2D eigenvalue weighted by Crippen LogP contribution is -2.18. The van der Waals surface area contributed by atoms with Gasteiger partial charge in [-0.15, -0.1) is 0 Å². The topological polar surface area (TPSA) is 34.0 Å². The van der Waals surface area contributed by atoms with Crippen LogP contribution in [-0.4, -0.2) is 16.9 Å². The predicted octanol–water partition coefficient (Wildman–Crippen LogP) is 5.41. The van der Waals surface area contributed by atoms with Gasteiger partial charge in [-0.2, -0.15) is 13.2 Å². The fourth-order valence-electron chi connectivity index (χ4n) is 3.13. The minimum Gasteiger partial charge on any atom is -0.377 e. The number of ketones is 1. The first kappa shape index (κ1) is 17.9. The van der Waals surface area contributed by atoms with E-state index in [1.165, 1.54) is 12.1 Å². The lowest BCUT2D eigenvalue weighted by Gasteiger charge is -2.14. The lowest BCUT2D eigenvalue weighted by atomic mass is 10.1. The number of rotatable bonds is 5. The Morgan fingerprint density at radius 1 is 1.28 bits per heavy atom. The molecule has 1 heterocycles. The predicted molar refractivity (Wildman–Crippen MR) is 91.5 cm³/mol. The fraction of sp³-hybridized carbons (Fsp3) is 0.389. The second kappa shape index (κ2) is 6.41. The number of carbonyl (C=O) groups excluding carboxylic acids is 1. The van der Waals surface area contributed by atoms with Crippen LogP contribution in [0.4, 0.5) is 18.9 Å². The number of halogens is 4. The van der Waals surface area contributed by atoms with E-state index in [1.54, 1.807) is 0 Å². The molecular weight excluding hydrogens is 353 g/mol. The molecular formula is C18H18ClF3N2O. The molecule has 0 aliphatic heterocycles. The van der Waals surface area contributed by atoms with Crippen LogP contribution in [0.25, 0.3) is 0 Å². The summed E-state index contributed by atoms with van der Waals surface area (Å²) in [7, 11) is 0. The van der Waals surface area contributed by atoms with Crippen LogP contribution in [0.15, 0.2) is 24.3 Å². The van der Waals surface area contributed by atoms with Gasteiger partial charge in [-0.25, -0.2) is 0 Å². The second-order valence-corrected chi connectivity index (χ2v) is 6.79. The van der Waals surface area contributed by atoms with Crippen LogP contribution < -0.4 is 5.32 Å². The van der Waals surface area contributed by atoms with Crippen molar-refractivity contribution in [2.24, 2.45) is 0 Å². The number of aryl methyl sites for hydroxylation is 1. The molecule has 1 aliphatic rings. The molecule has 0 spiro atoms. The molecule has 1 aliphatic carbocycles. The van der Waals surface area contributed by atoms with Crippen LogP contribution >= 0.6 is 11.6 Å². The van der Waals surface area contributed by atoms with Gasteiger partial charge in [0.15, 0.2) is 5.78 Å². The Morgan fingerprint density at radius 3 is 2.56 bits per heavy atom. The summed E-state index contributed by atoms with van der Waals surface area (Å²) in [5, 5.41) is 2.61. The molecule has 3 rings (SSSR count). The molecule has 134 valence electrons. The van der Waals surface area contributed by atoms with Gasteiger partial charge in [-0.05, 0) is 51.0 Å². The average Bonchev–Trinajstić information content (AvgIpc) is 3.30. The second-order valence-electron chi connectivity index (χ2n) is 6.35. The third-order valence-electron chi connectivity index (χ3n) is 4.42. The van der Waals surface area contributed by atoms with Crippen molar-refractivity contribution in [3.8, 4) is 0 Å². The van der Waals surface area contributed by atoms with E-state index in [1.807, 2.05) is 19.9 Å². The number of hydrogen-bond donors (Lipinski definition) is 1. The van der Waals surface area contributed by atoms with Crippen molar-refractivity contribution in [3.63, 3.8) is 0 Å². The summed E-state index contributed by atoms with van der Waals surface area (Å²) in [6.45, 7) is 3.61. The Labute approximate surface area is 148 Å². The monoisotopic (exact) mass is 370 g/mol. The molecule has 0 bridgehead atoms. The van der Waals surface area contributed by atoms with E-state index in [0.29, 0.717) is 11.6 Å². The summed E-state index contributed by atoms with van der Waals surface area (Å²) in [6, 6.07) is 5.72. The van der Waals surface area contributed by atoms with Crippen molar-refractivity contribution in [1.29, 1.82) is 0 Å². The number of carbonyl (C=O) groups is 1. The smallest absolute Gasteiger partial charge is 0.377 e. The van der Waals surface area contributed by atoms with Crippen LogP contribution in [0.3, 0.4) is 0 Å². The van der Waals surface area contributed by atoms with Crippen molar-refractivity contribution in [2.75, 3.05) is 11.9 Å². The molecule has 2 aromatic rings. The van der Waals surface area contributed by atoms with Gasteiger partial charge >= 0.3 is 6.18 Å². The third kappa shape index (κ3) is 3.68. The largest absolute Gasteiger partial charge is 0.418 e. The lowest BCUT2D eigenvalue weighted by molar-refractivity contribution is -0.136. The maximum atomic E-state index is 13.1. The summed E-state index contributed by atoms with van der Waals surface area (Å²) in [5.41, 5.74) is 1.40. The van der Waals surface area contributed by atoms with Crippen molar-refractivity contribution >= 4 is 23.1 Å². The summed E-state index contributed by atoms with van der Waals surface area (Å²) in [5.74, 6) is -0.233. The highest BCUT2D eigenvalue weighted by molar-refractivity contribution is 6.30. The van der Waals surface area contributed by atoms with E-state index < -0.39 is 11.7 Å². The first-order valence-electron chi connectivity index (χ1n) is 8.00. The molecule has 25 heavy (non-hydrogen) atoms. The summed E-state index contributed by atoms with van der Waals surface area (Å²) in [6.07, 6.45) is -2.35. The van der Waals surface area contributed by atoms with Crippen LogP contribution in [-0.2, 0) is 6.18 Å². The van der Waals surface area contributed by atoms with Gasteiger partial charge in [0, 0.05) is 33.7 Å². The Kier molecular flexibility index (Phi) is 4.58. The quantitative estimate of drug-likeness (QED) is 0.714. The molecule has 0 saturated heterocycles. The van der Waals surface area contributed by atoms with Gasteiger partial charge in [0.2, 0.25) is 0 Å². The average molecular weight is 371 g/mol. The van der Waals surface area contributed by atoms with E-state index in [2.05, 4.69) is 9.88 Å². The Bertz CT molecular complexity index is 822. The first-order chi connectivity index (χ1) is 11.7. The molecule has 0 atom stereocenters. The zero-order valence-electron chi connectivity index (χ0n) is 13.9. The molecule has 1 saturated carbocycles. The number of hydrogen-bond acceptors (Lipinski definition) is 2. The van der Waals surface area contributed by atoms with E-state index in [0.717, 1.165) is 30.3 Å². The Hall–Kier alpha value is -1.95. The van der Waals surface area contributed by atoms with Crippen molar-refractivity contribution in [2.45, 2.75) is 38.9 Å². The number of nitrogens with zero attached hydrogens (tertiary/aromatic N) is 1. The van der Waals surface area contributed by atoms with Crippen LogP contribution in [0.2, 0.25) is 5.02 Å². The van der Waals surface area contributed by atoms with Crippen molar-refractivity contribution in [3.05, 3.63) is 51.8 Å². The number of aromatic nitrogens is 1. The normalized spacial score (nSPS) is 14.6. The van der Waals surface area contributed by atoms with Crippen molar-refractivity contribution < 1.29 is 18.0 Å². The number of Topliss-reactive ketones (excluding diaryl/α,β-unsaturated/α-hetero) is 1. The number of benzene rings is 1. The Morgan fingerprint density at radius 2 is 1.96 bits per heavy atom. The zero-order valence-corrected chi connectivity index (χ0v) is 14.6. The minimum atomic E-state index is -4.54. The van der Waals surface area contributed by atoms with Crippen LogP contribution in [0.5, 0.6) is 0 Å². The van der Waals surface area contributed by atoms with Gasteiger partial charge in [-0.3, -0.25) is 4.79 Å². The summed E-state index contributed by atoms with van der Waals surface area (Å²) in [4.78, 5) is 12.5. The minimum absolute atomic E-state index is 0.00261. The molecule has 1 aromatic carbocycles. The standard InChI is InChI=1S/C18H18ClF3N2O/c1-10-7-14(11(2)24(10)13-4-5-13)17(25)9-23-16-6-3-12(19)8-15(16)18(20,21)22/h3,6-8,13,23H,4-5,9H2,1-2H3. The highest BCUT2D eigenvalue weighted by atomic mass is 35.5. The molecule has 1 N–H and O–H groups in total. The highest BCUT2D eigenvalue weighted by Gasteiger charge is 2.34. The SMILES string of the molecule is Cc1cc(C(=O)CNc2ccc(Cl)cc2C(F)(F)F)c(C)n1C1CC1. The molecule has 0 radical (unpaired) electrons. The fourth-order valence-corrected chi connectivity index (χ4v) is 3.30. The van der Waals surface area contributed by atoms with E-state index in [9.17, 15) is 18.0 Å². The van der Waals surface area contributed by atoms with E-state index in [-0.39, 0.29) is 23.0 Å². The maximum absolute atomic E-state index is 13.1.